The molecule has 0 radical (unpaired) electrons. The summed E-state index contributed by atoms with van der Waals surface area (Å²) in [4.78, 5) is 11.1. The van der Waals surface area contributed by atoms with E-state index in [1.807, 2.05) is 0 Å². The lowest BCUT2D eigenvalue weighted by molar-refractivity contribution is -0.114. The van der Waals surface area contributed by atoms with Crippen molar-refractivity contribution in [2.45, 2.75) is 31.2 Å². The maximum Gasteiger partial charge on any atom is 0.247 e. The highest BCUT2D eigenvalue weighted by molar-refractivity contribution is 7.92. The SMILES string of the molecule is CCN(C1CCS(=O)(=O)C1)S(=O)(=O)c1cc(NC(C)=O)ccc1OC. The average Bonchev–Trinajstić information content (AvgIpc) is 2.86. The second kappa shape index (κ2) is 7.30. The summed E-state index contributed by atoms with van der Waals surface area (Å²) in [5, 5.41) is 2.53. The summed E-state index contributed by atoms with van der Waals surface area (Å²) in [5.74, 6) is -0.406. The van der Waals surface area contributed by atoms with Gasteiger partial charge in [-0.25, -0.2) is 16.8 Å². The molecule has 140 valence electrons. The van der Waals surface area contributed by atoms with Crippen molar-refractivity contribution in [2.24, 2.45) is 0 Å². The van der Waals surface area contributed by atoms with E-state index in [-0.39, 0.29) is 41.0 Å². The zero-order valence-electron chi connectivity index (χ0n) is 14.4. The molecule has 1 saturated heterocycles. The fraction of sp³-hybridized carbons (Fsp3) is 0.533. The van der Waals surface area contributed by atoms with Crippen molar-refractivity contribution in [3.05, 3.63) is 18.2 Å². The summed E-state index contributed by atoms with van der Waals surface area (Å²) in [6, 6.07) is 3.71. The normalized spacial score (nSPS) is 19.8. The Hall–Kier alpha value is -1.65. The summed E-state index contributed by atoms with van der Waals surface area (Å²) >= 11 is 0. The third-order valence-corrected chi connectivity index (χ3v) is 7.80. The first kappa shape index (κ1) is 19.7. The van der Waals surface area contributed by atoms with Crippen LogP contribution in [0.2, 0.25) is 0 Å². The monoisotopic (exact) mass is 390 g/mol. The Morgan fingerprint density at radius 3 is 2.56 bits per heavy atom. The van der Waals surface area contributed by atoms with Gasteiger partial charge in [0.15, 0.2) is 9.84 Å². The lowest BCUT2D eigenvalue weighted by atomic mass is 10.3. The Morgan fingerprint density at radius 1 is 1.40 bits per heavy atom. The van der Waals surface area contributed by atoms with Crippen molar-refractivity contribution in [1.82, 2.24) is 4.31 Å². The van der Waals surface area contributed by atoms with Crippen molar-refractivity contribution in [3.8, 4) is 5.75 Å². The average molecular weight is 390 g/mol. The molecule has 8 nitrogen and oxygen atoms in total. The van der Waals surface area contributed by atoms with E-state index in [1.54, 1.807) is 6.92 Å². The number of carbonyl (C=O) groups is 1. The van der Waals surface area contributed by atoms with Crippen LogP contribution in [0.5, 0.6) is 5.75 Å². The van der Waals surface area contributed by atoms with Crippen molar-refractivity contribution in [2.75, 3.05) is 30.5 Å². The van der Waals surface area contributed by atoms with Crippen molar-refractivity contribution in [3.63, 3.8) is 0 Å². The molecular weight excluding hydrogens is 368 g/mol. The van der Waals surface area contributed by atoms with E-state index in [4.69, 9.17) is 4.74 Å². The molecule has 1 N–H and O–H groups in total. The zero-order valence-corrected chi connectivity index (χ0v) is 16.0. The molecule has 0 saturated carbocycles. The number of rotatable bonds is 6. The predicted octanol–water partition coefficient (Wildman–Crippen LogP) is 0.851. The molecular formula is C15H22N2O6S2. The topological polar surface area (TPSA) is 110 Å². The minimum Gasteiger partial charge on any atom is -0.495 e. The van der Waals surface area contributed by atoms with Crippen molar-refractivity contribution >= 4 is 31.5 Å². The van der Waals surface area contributed by atoms with E-state index in [0.29, 0.717) is 5.69 Å². The van der Waals surface area contributed by atoms with Crippen LogP contribution in [0.4, 0.5) is 5.69 Å². The van der Waals surface area contributed by atoms with E-state index < -0.39 is 25.9 Å². The molecule has 1 unspecified atom stereocenters. The maximum absolute atomic E-state index is 13.1. The number of nitrogens with one attached hydrogen (secondary N) is 1. The second-order valence-electron chi connectivity index (χ2n) is 5.81. The van der Waals surface area contributed by atoms with Crippen LogP contribution >= 0.6 is 0 Å². The number of carbonyl (C=O) groups excluding carboxylic acids is 1. The number of methoxy groups -OCH3 is 1. The summed E-state index contributed by atoms with van der Waals surface area (Å²) in [6.45, 7) is 3.11. The van der Waals surface area contributed by atoms with Crippen LogP contribution in [0, 0.1) is 0 Å². The number of hydrogen-bond donors (Lipinski definition) is 1. The number of hydrogen-bond acceptors (Lipinski definition) is 6. The van der Waals surface area contributed by atoms with Gasteiger partial charge < -0.3 is 10.1 Å². The largest absolute Gasteiger partial charge is 0.495 e. The van der Waals surface area contributed by atoms with Gasteiger partial charge in [-0.2, -0.15) is 4.31 Å². The molecule has 25 heavy (non-hydrogen) atoms. The zero-order chi connectivity index (χ0) is 18.8. The molecule has 1 fully saturated rings. The highest BCUT2D eigenvalue weighted by atomic mass is 32.2. The quantitative estimate of drug-likeness (QED) is 0.771. The minimum atomic E-state index is -3.99. The van der Waals surface area contributed by atoms with Gasteiger partial charge in [-0.15, -0.1) is 0 Å². The Morgan fingerprint density at radius 2 is 2.08 bits per heavy atom. The fourth-order valence-corrected chi connectivity index (χ4v) is 6.58. The standard InChI is InChI=1S/C15H22N2O6S2/c1-4-17(13-7-8-24(19,20)10-13)25(21,22)15-9-12(16-11(2)18)5-6-14(15)23-3/h5-6,9,13H,4,7-8,10H2,1-3H3,(H,16,18). The van der Waals surface area contributed by atoms with Crippen molar-refractivity contribution < 1.29 is 26.4 Å². The van der Waals surface area contributed by atoms with Gasteiger partial charge in [0.2, 0.25) is 15.9 Å². The molecule has 1 aromatic rings. The minimum absolute atomic E-state index is 0.0211. The van der Waals surface area contributed by atoms with Gasteiger partial charge in [0.05, 0.1) is 18.6 Å². The third kappa shape index (κ3) is 4.31. The van der Waals surface area contributed by atoms with E-state index in [0.717, 1.165) is 0 Å². The summed E-state index contributed by atoms with van der Waals surface area (Å²) in [6.07, 6.45) is 0.267. The Labute approximate surface area is 148 Å². The molecule has 1 heterocycles. The number of benzene rings is 1. The van der Waals surface area contributed by atoms with Gasteiger partial charge in [0, 0.05) is 25.2 Å². The van der Waals surface area contributed by atoms with Crippen LogP contribution in [0.3, 0.4) is 0 Å². The maximum atomic E-state index is 13.1. The van der Waals surface area contributed by atoms with Crippen LogP contribution in [0.1, 0.15) is 20.3 Å². The molecule has 0 aliphatic carbocycles. The van der Waals surface area contributed by atoms with Gasteiger partial charge in [0.25, 0.3) is 0 Å². The molecule has 0 aromatic heterocycles. The van der Waals surface area contributed by atoms with Crippen LogP contribution in [-0.4, -0.2) is 58.3 Å². The number of sulfonamides is 1. The molecule has 1 atom stereocenters. The summed E-state index contributed by atoms with van der Waals surface area (Å²) in [7, 11) is -5.87. The number of sulfone groups is 1. The molecule has 2 rings (SSSR count). The first-order valence-corrected chi connectivity index (χ1v) is 11.0. The smallest absolute Gasteiger partial charge is 0.247 e. The molecule has 1 amide bonds. The van der Waals surface area contributed by atoms with E-state index >= 15 is 0 Å². The van der Waals surface area contributed by atoms with Gasteiger partial charge in [0.1, 0.15) is 10.6 Å². The first-order chi connectivity index (χ1) is 11.6. The third-order valence-electron chi connectivity index (χ3n) is 4.00. The van der Waals surface area contributed by atoms with Gasteiger partial charge in [-0.05, 0) is 24.6 Å². The summed E-state index contributed by atoms with van der Waals surface area (Å²) < 4.78 is 56.0. The summed E-state index contributed by atoms with van der Waals surface area (Å²) in [5.41, 5.74) is 0.321. The van der Waals surface area contributed by atoms with E-state index in [1.165, 1.54) is 36.5 Å². The first-order valence-electron chi connectivity index (χ1n) is 7.78. The molecule has 1 aromatic carbocycles. The number of ether oxygens (including phenoxy) is 1. The van der Waals surface area contributed by atoms with Crippen LogP contribution in [0.15, 0.2) is 23.1 Å². The molecule has 10 heteroatoms. The van der Waals surface area contributed by atoms with Crippen LogP contribution in [-0.2, 0) is 24.7 Å². The Kier molecular flexibility index (Phi) is 5.75. The van der Waals surface area contributed by atoms with Crippen LogP contribution < -0.4 is 10.1 Å². The molecule has 1 aliphatic rings. The van der Waals surface area contributed by atoms with E-state index in [2.05, 4.69) is 5.32 Å². The highest BCUT2D eigenvalue weighted by Crippen LogP contribution is 2.32. The Balaban J connectivity index is 2.47. The second-order valence-corrected chi connectivity index (χ2v) is 9.90. The van der Waals surface area contributed by atoms with Crippen molar-refractivity contribution in [1.29, 1.82) is 0 Å². The lowest BCUT2D eigenvalue weighted by Gasteiger charge is -2.27. The number of nitrogens with zero attached hydrogens (tertiary/aromatic N) is 1. The molecule has 1 aliphatic heterocycles. The van der Waals surface area contributed by atoms with Crippen LogP contribution in [0.25, 0.3) is 0 Å². The molecule has 0 spiro atoms. The number of amides is 1. The number of anilines is 1. The van der Waals surface area contributed by atoms with Gasteiger partial charge in [-0.1, -0.05) is 6.92 Å². The van der Waals surface area contributed by atoms with Gasteiger partial charge >= 0.3 is 0 Å². The Bertz CT molecular complexity index is 864. The van der Waals surface area contributed by atoms with E-state index in [9.17, 15) is 21.6 Å². The molecule has 0 bridgehead atoms. The van der Waals surface area contributed by atoms with Gasteiger partial charge in [-0.3, -0.25) is 4.79 Å². The predicted molar refractivity (Wildman–Crippen MR) is 93.9 cm³/mol. The fourth-order valence-electron chi connectivity index (χ4n) is 2.91. The highest BCUT2D eigenvalue weighted by Gasteiger charge is 2.39. The lowest BCUT2D eigenvalue weighted by Crippen LogP contribution is -2.41.